The molecule has 1 heterocycles. The number of hydrogen-bond donors (Lipinski definition) is 0. The van der Waals surface area contributed by atoms with E-state index in [0.717, 1.165) is 17.8 Å². The minimum absolute atomic E-state index is 0.0999. The van der Waals surface area contributed by atoms with Gasteiger partial charge in [-0.2, -0.15) is 0 Å². The summed E-state index contributed by atoms with van der Waals surface area (Å²) in [5.74, 6) is -0.188. The second-order valence-electron chi connectivity index (χ2n) is 3.43. The van der Waals surface area contributed by atoms with Crippen molar-refractivity contribution < 1.29 is 14.5 Å². The smallest absolute Gasteiger partial charge is 0.323 e. The van der Waals surface area contributed by atoms with Gasteiger partial charge in [0.25, 0.3) is 5.06 Å². The molecule has 0 aliphatic heterocycles. The fraction of sp³-hybridized carbons (Fsp3) is 0.500. The first-order valence-electron chi connectivity index (χ1n) is 4.91. The number of rotatable bonds is 5. The third-order valence-electron chi connectivity index (χ3n) is 2.11. The lowest BCUT2D eigenvalue weighted by Crippen LogP contribution is -2.09. The first kappa shape index (κ1) is 12.6. The van der Waals surface area contributed by atoms with Crippen LogP contribution in [0.15, 0.2) is 6.07 Å². The molecule has 16 heavy (non-hydrogen) atoms. The highest BCUT2D eigenvalue weighted by Gasteiger charge is 2.23. The van der Waals surface area contributed by atoms with Crippen molar-refractivity contribution in [2.45, 2.75) is 33.3 Å². The van der Waals surface area contributed by atoms with E-state index in [1.165, 1.54) is 13.0 Å². The average molecular weight is 243 g/mol. The molecule has 0 spiro atoms. The quantitative estimate of drug-likeness (QED) is 0.452. The van der Waals surface area contributed by atoms with Crippen LogP contribution in [-0.4, -0.2) is 16.8 Å². The van der Waals surface area contributed by atoms with E-state index < -0.39 is 4.92 Å². The molecule has 0 aromatic carbocycles. The highest BCUT2D eigenvalue weighted by atomic mass is 32.1. The first-order chi connectivity index (χ1) is 7.45. The van der Waals surface area contributed by atoms with Crippen LogP contribution in [0.5, 0.6) is 5.06 Å². The molecular formula is C10H13NO4S. The Labute approximate surface area is 97.2 Å². The predicted octanol–water partition coefficient (Wildman–Crippen LogP) is 3.04. The molecule has 1 aromatic heterocycles. The standard InChI is InChI=1S/C10H13NO4S/c1-4-6(2)15-10-8(11(13)14)5-9(16-10)7(3)12/h5-6H,4H2,1-3H3. The number of carbonyl (C=O) groups is 1. The molecule has 0 saturated heterocycles. The Morgan fingerprint density at radius 3 is 2.75 bits per heavy atom. The van der Waals surface area contributed by atoms with Gasteiger partial charge in [-0.05, 0) is 20.3 Å². The normalized spacial score (nSPS) is 12.2. The van der Waals surface area contributed by atoms with Gasteiger partial charge in [-0.25, -0.2) is 0 Å². The largest absolute Gasteiger partial charge is 0.476 e. The van der Waals surface area contributed by atoms with Crippen molar-refractivity contribution in [2.75, 3.05) is 0 Å². The number of Topliss-reactive ketones (excluding diaryl/α,β-unsaturated/α-hetero) is 1. The Morgan fingerprint density at radius 2 is 2.31 bits per heavy atom. The Morgan fingerprint density at radius 1 is 1.69 bits per heavy atom. The molecule has 88 valence electrons. The van der Waals surface area contributed by atoms with Crippen molar-refractivity contribution in [3.05, 3.63) is 21.1 Å². The van der Waals surface area contributed by atoms with Crippen LogP contribution in [0.25, 0.3) is 0 Å². The van der Waals surface area contributed by atoms with E-state index in [0.29, 0.717) is 4.88 Å². The van der Waals surface area contributed by atoms with Crippen molar-refractivity contribution in [1.29, 1.82) is 0 Å². The summed E-state index contributed by atoms with van der Waals surface area (Å²) in [6, 6.07) is 1.27. The number of hydrogen-bond acceptors (Lipinski definition) is 5. The van der Waals surface area contributed by atoms with Crippen LogP contribution >= 0.6 is 11.3 Å². The number of nitro groups is 1. The van der Waals surface area contributed by atoms with Gasteiger partial charge in [-0.15, -0.1) is 0 Å². The number of ketones is 1. The van der Waals surface area contributed by atoms with Crippen LogP contribution in [0.1, 0.15) is 36.9 Å². The van der Waals surface area contributed by atoms with Crippen LogP contribution < -0.4 is 4.74 Å². The zero-order valence-electron chi connectivity index (χ0n) is 9.35. The van der Waals surface area contributed by atoms with Gasteiger partial charge in [0, 0.05) is 6.07 Å². The summed E-state index contributed by atoms with van der Waals surface area (Å²) in [7, 11) is 0. The first-order valence-corrected chi connectivity index (χ1v) is 5.73. The van der Waals surface area contributed by atoms with Crippen LogP contribution in [0, 0.1) is 10.1 Å². The maximum atomic E-state index is 11.1. The van der Waals surface area contributed by atoms with Crippen molar-refractivity contribution in [1.82, 2.24) is 0 Å². The maximum Gasteiger partial charge on any atom is 0.323 e. The molecule has 0 radical (unpaired) electrons. The van der Waals surface area contributed by atoms with Gasteiger partial charge in [-0.3, -0.25) is 14.9 Å². The van der Waals surface area contributed by atoms with E-state index >= 15 is 0 Å². The molecule has 0 aliphatic carbocycles. The molecule has 6 heteroatoms. The van der Waals surface area contributed by atoms with Gasteiger partial charge in [0.05, 0.1) is 15.9 Å². The van der Waals surface area contributed by atoms with E-state index in [9.17, 15) is 14.9 Å². The van der Waals surface area contributed by atoms with E-state index in [1.807, 2.05) is 13.8 Å². The lowest BCUT2D eigenvalue weighted by Gasteiger charge is -2.09. The molecule has 5 nitrogen and oxygen atoms in total. The molecule has 1 rings (SSSR count). The van der Waals surface area contributed by atoms with E-state index in [-0.39, 0.29) is 22.6 Å². The van der Waals surface area contributed by atoms with Crippen molar-refractivity contribution in [3.8, 4) is 5.06 Å². The summed E-state index contributed by atoms with van der Waals surface area (Å²) in [5.41, 5.74) is -0.129. The highest BCUT2D eigenvalue weighted by molar-refractivity contribution is 7.16. The van der Waals surface area contributed by atoms with Gasteiger partial charge in [0.1, 0.15) is 0 Å². The van der Waals surface area contributed by atoms with Gasteiger partial charge in [0.2, 0.25) is 0 Å². The Hall–Kier alpha value is -1.43. The van der Waals surface area contributed by atoms with Gasteiger partial charge in [-0.1, -0.05) is 18.3 Å². The van der Waals surface area contributed by atoms with Crippen LogP contribution in [-0.2, 0) is 0 Å². The summed E-state index contributed by atoms with van der Waals surface area (Å²) in [6.07, 6.45) is 0.655. The summed E-state index contributed by atoms with van der Waals surface area (Å²) >= 11 is 1.03. The maximum absolute atomic E-state index is 11.1. The van der Waals surface area contributed by atoms with Gasteiger partial charge < -0.3 is 4.74 Å². The lowest BCUT2D eigenvalue weighted by molar-refractivity contribution is -0.385. The summed E-state index contributed by atoms with van der Waals surface area (Å²) in [6.45, 7) is 5.13. The molecule has 0 aliphatic rings. The van der Waals surface area contributed by atoms with Gasteiger partial charge in [0.15, 0.2) is 5.78 Å². The minimum Gasteiger partial charge on any atom is -0.476 e. The van der Waals surface area contributed by atoms with E-state index in [1.54, 1.807) is 0 Å². The second kappa shape index (κ2) is 5.07. The topological polar surface area (TPSA) is 69.4 Å². The van der Waals surface area contributed by atoms with Crippen LogP contribution in [0.2, 0.25) is 0 Å². The van der Waals surface area contributed by atoms with E-state index in [2.05, 4.69) is 0 Å². The zero-order valence-corrected chi connectivity index (χ0v) is 10.2. The lowest BCUT2D eigenvalue weighted by atomic mass is 10.3. The summed E-state index contributed by atoms with van der Waals surface area (Å²) in [5, 5.41) is 11.0. The molecule has 0 fully saturated rings. The number of ether oxygens (including phenoxy) is 1. The van der Waals surface area contributed by atoms with E-state index in [4.69, 9.17) is 4.74 Å². The molecule has 0 bridgehead atoms. The molecular weight excluding hydrogens is 230 g/mol. The zero-order chi connectivity index (χ0) is 12.3. The third-order valence-corrected chi connectivity index (χ3v) is 3.22. The summed E-state index contributed by atoms with van der Waals surface area (Å²) in [4.78, 5) is 21.7. The van der Waals surface area contributed by atoms with Gasteiger partial charge >= 0.3 is 5.69 Å². The fourth-order valence-electron chi connectivity index (χ4n) is 1.02. The molecule has 0 N–H and O–H groups in total. The van der Waals surface area contributed by atoms with Crippen molar-refractivity contribution in [3.63, 3.8) is 0 Å². The Balaban J connectivity index is 3.05. The number of nitrogens with zero attached hydrogens (tertiary/aromatic N) is 1. The summed E-state index contributed by atoms with van der Waals surface area (Å²) < 4.78 is 5.41. The predicted molar refractivity (Wildman–Crippen MR) is 61.4 cm³/mol. The number of carbonyl (C=O) groups excluding carboxylic acids is 1. The number of thiophene rings is 1. The fourth-order valence-corrected chi connectivity index (χ4v) is 1.98. The average Bonchev–Trinajstić information content (AvgIpc) is 2.61. The SMILES string of the molecule is CCC(C)Oc1sc(C(C)=O)cc1[N+](=O)[O-]. The van der Waals surface area contributed by atoms with Crippen LogP contribution in [0.3, 0.4) is 0 Å². The molecule has 1 atom stereocenters. The molecule has 1 aromatic rings. The second-order valence-corrected chi connectivity index (χ2v) is 4.45. The highest BCUT2D eigenvalue weighted by Crippen LogP contribution is 2.37. The van der Waals surface area contributed by atoms with Crippen molar-refractivity contribution >= 4 is 22.8 Å². The molecule has 0 amide bonds. The monoisotopic (exact) mass is 243 g/mol. The van der Waals surface area contributed by atoms with Crippen molar-refractivity contribution in [2.24, 2.45) is 0 Å². The molecule has 0 saturated carbocycles. The minimum atomic E-state index is -0.527. The Kier molecular flexibility index (Phi) is 4.00. The third kappa shape index (κ3) is 2.79. The molecule has 1 unspecified atom stereocenters. The Bertz CT molecular complexity index is 413. The van der Waals surface area contributed by atoms with Crippen LogP contribution in [0.4, 0.5) is 5.69 Å².